The van der Waals surface area contributed by atoms with Crippen molar-refractivity contribution in [1.82, 2.24) is 5.32 Å². The minimum Gasteiger partial charge on any atom is -0.459 e. The smallest absolute Gasteiger partial charge is 0.286 e. The van der Waals surface area contributed by atoms with E-state index in [4.69, 9.17) is 4.42 Å². The van der Waals surface area contributed by atoms with E-state index in [1.807, 2.05) is 0 Å². The Hall–Kier alpha value is -0.770. The topological polar surface area (TPSA) is 42.2 Å². The zero-order valence-corrected chi connectivity index (χ0v) is 9.00. The lowest BCUT2D eigenvalue weighted by atomic mass is 10.2. The van der Waals surface area contributed by atoms with Gasteiger partial charge in [-0.05, 0) is 18.1 Å². The summed E-state index contributed by atoms with van der Waals surface area (Å²) >= 11 is 3.34. The van der Waals surface area contributed by atoms with E-state index in [2.05, 4.69) is 28.2 Å². The number of carbonyl (C=O) groups excluding carboxylic acids is 1. The van der Waals surface area contributed by atoms with Crippen LogP contribution in [0.2, 0.25) is 0 Å². The van der Waals surface area contributed by atoms with Crippen molar-refractivity contribution in [3.63, 3.8) is 0 Å². The Morgan fingerprint density at radius 3 is 3.08 bits per heavy atom. The molecule has 0 fully saturated rings. The van der Waals surface area contributed by atoms with Crippen LogP contribution in [0.3, 0.4) is 0 Å². The first-order valence-electron chi connectivity index (χ1n) is 4.11. The lowest BCUT2D eigenvalue weighted by Crippen LogP contribution is -2.28. The fourth-order valence-electron chi connectivity index (χ4n) is 0.816. The van der Waals surface area contributed by atoms with Gasteiger partial charge >= 0.3 is 0 Å². The summed E-state index contributed by atoms with van der Waals surface area (Å²) in [6, 6.07) is 3.34. The van der Waals surface area contributed by atoms with Gasteiger partial charge in [-0.15, -0.1) is 0 Å². The standard InChI is InChI=1S/C9H12BrNO2/c1-7(5-10)6-11-9(12)8-3-2-4-13-8/h2-4,7H,5-6H2,1H3,(H,11,12). The van der Waals surface area contributed by atoms with Gasteiger partial charge in [-0.2, -0.15) is 0 Å². The Morgan fingerprint density at radius 2 is 2.54 bits per heavy atom. The maximum absolute atomic E-state index is 11.3. The molecule has 0 saturated heterocycles. The van der Waals surface area contributed by atoms with E-state index in [0.717, 1.165) is 5.33 Å². The van der Waals surface area contributed by atoms with Gasteiger partial charge in [0.05, 0.1) is 6.26 Å². The van der Waals surface area contributed by atoms with Crippen LogP contribution in [0.25, 0.3) is 0 Å². The zero-order valence-electron chi connectivity index (χ0n) is 7.42. The molecule has 1 heterocycles. The summed E-state index contributed by atoms with van der Waals surface area (Å²) in [5.41, 5.74) is 0. The number of hydrogen-bond donors (Lipinski definition) is 1. The van der Waals surface area contributed by atoms with Crippen LogP contribution in [0.5, 0.6) is 0 Å². The number of alkyl halides is 1. The quantitative estimate of drug-likeness (QED) is 0.826. The number of furan rings is 1. The van der Waals surface area contributed by atoms with Crippen molar-refractivity contribution in [2.75, 3.05) is 11.9 Å². The van der Waals surface area contributed by atoms with Gasteiger partial charge in [0.2, 0.25) is 0 Å². The van der Waals surface area contributed by atoms with E-state index in [1.54, 1.807) is 12.1 Å². The van der Waals surface area contributed by atoms with Crippen LogP contribution in [-0.2, 0) is 0 Å². The van der Waals surface area contributed by atoms with Crippen LogP contribution in [-0.4, -0.2) is 17.8 Å². The molecular formula is C9H12BrNO2. The molecule has 1 aromatic heterocycles. The van der Waals surface area contributed by atoms with E-state index in [-0.39, 0.29) is 5.91 Å². The SMILES string of the molecule is CC(CBr)CNC(=O)c1ccco1. The van der Waals surface area contributed by atoms with E-state index in [9.17, 15) is 4.79 Å². The number of hydrogen-bond acceptors (Lipinski definition) is 2. The third kappa shape index (κ3) is 3.22. The van der Waals surface area contributed by atoms with E-state index in [1.165, 1.54) is 6.26 Å². The first kappa shape index (κ1) is 10.3. The predicted octanol–water partition coefficient (Wildman–Crippen LogP) is 2.04. The summed E-state index contributed by atoms with van der Waals surface area (Å²) in [5, 5.41) is 3.65. The summed E-state index contributed by atoms with van der Waals surface area (Å²) < 4.78 is 4.94. The Bertz CT molecular complexity index is 259. The maximum atomic E-state index is 11.3. The molecule has 0 saturated carbocycles. The molecule has 1 amide bonds. The van der Waals surface area contributed by atoms with Crippen LogP contribution in [0.1, 0.15) is 17.5 Å². The number of halogens is 1. The molecule has 0 radical (unpaired) electrons. The number of carbonyl (C=O) groups is 1. The molecule has 0 aromatic carbocycles. The van der Waals surface area contributed by atoms with Crippen LogP contribution in [0, 0.1) is 5.92 Å². The predicted molar refractivity (Wildman–Crippen MR) is 54.0 cm³/mol. The minimum atomic E-state index is -0.155. The molecule has 0 aliphatic heterocycles. The van der Waals surface area contributed by atoms with Crippen LogP contribution < -0.4 is 5.32 Å². The lowest BCUT2D eigenvalue weighted by Gasteiger charge is -2.07. The fourth-order valence-corrected chi connectivity index (χ4v) is 1.05. The maximum Gasteiger partial charge on any atom is 0.286 e. The van der Waals surface area contributed by atoms with Gasteiger partial charge in [-0.1, -0.05) is 22.9 Å². The van der Waals surface area contributed by atoms with Gasteiger partial charge in [-0.25, -0.2) is 0 Å². The van der Waals surface area contributed by atoms with Gasteiger partial charge in [-0.3, -0.25) is 4.79 Å². The first-order chi connectivity index (χ1) is 6.24. The molecule has 1 N–H and O–H groups in total. The Balaban J connectivity index is 2.35. The second-order valence-corrected chi connectivity index (χ2v) is 3.59. The number of rotatable bonds is 4. The molecule has 1 rings (SSSR count). The van der Waals surface area contributed by atoms with E-state index in [0.29, 0.717) is 18.2 Å². The summed E-state index contributed by atoms with van der Waals surface area (Å²) in [5.74, 6) is 0.637. The molecule has 0 spiro atoms. The summed E-state index contributed by atoms with van der Waals surface area (Å²) in [7, 11) is 0. The Labute approximate surface area is 85.6 Å². The normalized spacial score (nSPS) is 12.5. The molecule has 1 aromatic rings. The van der Waals surface area contributed by atoms with Crippen LogP contribution >= 0.6 is 15.9 Å². The van der Waals surface area contributed by atoms with Crippen molar-refractivity contribution < 1.29 is 9.21 Å². The van der Waals surface area contributed by atoms with Crippen molar-refractivity contribution in [3.8, 4) is 0 Å². The molecule has 1 unspecified atom stereocenters. The highest BCUT2D eigenvalue weighted by molar-refractivity contribution is 9.09. The average molecular weight is 246 g/mol. The van der Waals surface area contributed by atoms with Crippen molar-refractivity contribution >= 4 is 21.8 Å². The highest BCUT2D eigenvalue weighted by atomic mass is 79.9. The number of amides is 1. The van der Waals surface area contributed by atoms with Gasteiger partial charge < -0.3 is 9.73 Å². The van der Waals surface area contributed by atoms with Crippen molar-refractivity contribution in [2.24, 2.45) is 5.92 Å². The molecule has 0 aliphatic carbocycles. The minimum absolute atomic E-state index is 0.155. The van der Waals surface area contributed by atoms with E-state index >= 15 is 0 Å². The fraction of sp³-hybridized carbons (Fsp3) is 0.444. The Morgan fingerprint density at radius 1 is 1.77 bits per heavy atom. The van der Waals surface area contributed by atoms with Crippen molar-refractivity contribution in [2.45, 2.75) is 6.92 Å². The molecular weight excluding hydrogens is 234 g/mol. The zero-order chi connectivity index (χ0) is 9.68. The van der Waals surface area contributed by atoms with Crippen molar-refractivity contribution in [1.29, 1.82) is 0 Å². The summed E-state index contributed by atoms with van der Waals surface area (Å²) in [4.78, 5) is 11.3. The molecule has 1 atom stereocenters. The van der Waals surface area contributed by atoms with Gasteiger partial charge in [0, 0.05) is 11.9 Å². The largest absolute Gasteiger partial charge is 0.459 e. The first-order valence-corrected chi connectivity index (χ1v) is 5.24. The van der Waals surface area contributed by atoms with Gasteiger partial charge in [0.25, 0.3) is 5.91 Å². The molecule has 13 heavy (non-hydrogen) atoms. The van der Waals surface area contributed by atoms with E-state index < -0.39 is 0 Å². The second-order valence-electron chi connectivity index (χ2n) is 2.95. The van der Waals surface area contributed by atoms with Crippen molar-refractivity contribution in [3.05, 3.63) is 24.2 Å². The Kier molecular flexibility index (Phi) is 4.02. The summed E-state index contributed by atoms with van der Waals surface area (Å²) in [6.45, 7) is 2.71. The lowest BCUT2D eigenvalue weighted by molar-refractivity contribution is 0.0921. The monoisotopic (exact) mass is 245 g/mol. The average Bonchev–Trinajstić information content (AvgIpc) is 2.66. The third-order valence-corrected chi connectivity index (χ3v) is 2.72. The molecule has 3 nitrogen and oxygen atoms in total. The molecule has 72 valence electrons. The highest BCUT2D eigenvalue weighted by Crippen LogP contribution is 2.01. The summed E-state index contributed by atoms with van der Waals surface area (Å²) in [6.07, 6.45) is 1.49. The number of nitrogens with one attached hydrogen (secondary N) is 1. The van der Waals surface area contributed by atoms with Crippen LogP contribution in [0.15, 0.2) is 22.8 Å². The highest BCUT2D eigenvalue weighted by Gasteiger charge is 2.08. The molecule has 0 aliphatic rings. The van der Waals surface area contributed by atoms with Gasteiger partial charge in [0.15, 0.2) is 5.76 Å². The molecule has 4 heteroatoms. The molecule has 0 bridgehead atoms. The second kappa shape index (κ2) is 5.07. The van der Waals surface area contributed by atoms with Gasteiger partial charge in [0.1, 0.15) is 0 Å². The van der Waals surface area contributed by atoms with Crippen LogP contribution in [0.4, 0.5) is 0 Å². The third-order valence-electron chi connectivity index (χ3n) is 1.62.